The number of hydrogen-bond donors (Lipinski definition) is 1. The summed E-state index contributed by atoms with van der Waals surface area (Å²) in [6.07, 6.45) is 5.12. The molecule has 4 rings (SSSR count). The van der Waals surface area contributed by atoms with E-state index < -0.39 is 0 Å². The molecule has 1 aromatic carbocycles. The molecular formula is C22H34N4O2. The zero-order valence-corrected chi connectivity index (χ0v) is 17.5. The van der Waals surface area contributed by atoms with E-state index in [2.05, 4.69) is 41.1 Å². The molecule has 1 N–H and O–H groups in total. The van der Waals surface area contributed by atoms with E-state index in [0.29, 0.717) is 12.6 Å². The quantitative estimate of drug-likeness (QED) is 0.623. The Hall–Kier alpha value is -1.95. The van der Waals surface area contributed by atoms with Gasteiger partial charge in [-0.1, -0.05) is 0 Å². The highest BCUT2D eigenvalue weighted by Crippen LogP contribution is 2.35. The van der Waals surface area contributed by atoms with Gasteiger partial charge in [-0.3, -0.25) is 4.90 Å². The Morgan fingerprint density at radius 3 is 2.86 bits per heavy atom. The van der Waals surface area contributed by atoms with E-state index in [1.165, 1.54) is 37.9 Å². The van der Waals surface area contributed by atoms with Crippen molar-refractivity contribution in [2.45, 2.75) is 58.2 Å². The molecule has 28 heavy (non-hydrogen) atoms. The number of fused-ring (bicyclic) bond motifs is 1. The van der Waals surface area contributed by atoms with E-state index >= 15 is 0 Å². The molecule has 6 heteroatoms. The maximum Gasteiger partial charge on any atom is 0.194 e. The van der Waals surface area contributed by atoms with Gasteiger partial charge in [0.2, 0.25) is 0 Å². The van der Waals surface area contributed by atoms with Crippen LogP contribution in [0.5, 0.6) is 11.5 Å². The third-order valence-electron chi connectivity index (χ3n) is 6.15. The van der Waals surface area contributed by atoms with Gasteiger partial charge < -0.3 is 19.7 Å². The maximum atomic E-state index is 5.94. The number of ether oxygens (including phenoxy) is 2. The topological polar surface area (TPSA) is 49.3 Å². The number of guanidine groups is 1. The minimum atomic E-state index is 0.239. The Morgan fingerprint density at radius 2 is 2.11 bits per heavy atom. The van der Waals surface area contributed by atoms with Gasteiger partial charge in [-0.2, -0.15) is 0 Å². The monoisotopic (exact) mass is 386 g/mol. The first-order valence-corrected chi connectivity index (χ1v) is 10.8. The molecule has 2 fully saturated rings. The normalized spacial score (nSPS) is 25.1. The summed E-state index contributed by atoms with van der Waals surface area (Å²) in [7, 11) is 1.74. The van der Waals surface area contributed by atoms with Crippen molar-refractivity contribution in [3.05, 3.63) is 23.3 Å². The Balaban J connectivity index is 1.47. The molecule has 154 valence electrons. The van der Waals surface area contributed by atoms with Gasteiger partial charge in [-0.15, -0.1) is 0 Å². The summed E-state index contributed by atoms with van der Waals surface area (Å²) in [5.41, 5.74) is 2.32. The zero-order valence-electron chi connectivity index (χ0n) is 17.5. The molecule has 2 unspecified atom stereocenters. The number of rotatable bonds is 5. The van der Waals surface area contributed by atoms with Crippen LogP contribution < -0.4 is 14.8 Å². The summed E-state index contributed by atoms with van der Waals surface area (Å²) in [5.74, 6) is 2.91. The van der Waals surface area contributed by atoms with Gasteiger partial charge in [0.15, 0.2) is 5.96 Å². The lowest BCUT2D eigenvalue weighted by Gasteiger charge is -2.25. The van der Waals surface area contributed by atoms with Crippen LogP contribution in [-0.4, -0.2) is 67.7 Å². The highest BCUT2D eigenvalue weighted by Gasteiger charge is 2.30. The van der Waals surface area contributed by atoms with E-state index in [9.17, 15) is 0 Å². The summed E-state index contributed by atoms with van der Waals surface area (Å²) < 4.78 is 11.6. The van der Waals surface area contributed by atoms with Gasteiger partial charge in [0.25, 0.3) is 0 Å². The number of methoxy groups -OCH3 is 1. The molecule has 0 saturated carbocycles. The van der Waals surface area contributed by atoms with Crippen LogP contribution in [-0.2, 0) is 13.0 Å². The lowest BCUT2D eigenvalue weighted by molar-refractivity contribution is 0.249. The van der Waals surface area contributed by atoms with Crippen LogP contribution in [0.15, 0.2) is 17.1 Å². The molecule has 0 aliphatic carbocycles. The maximum absolute atomic E-state index is 5.94. The molecule has 0 radical (unpaired) electrons. The van der Waals surface area contributed by atoms with E-state index in [1.54, 1.807) is 7.11 Å². The van der Waals surface area contributed by atoms with Crippen molar-refractivity contribution in [1.82, 2.24) is 15.1 Å². The molecule has 3 aliphatic rings. The van der Waals surface area contributed by atoms with Crippen LogP contribution in [0.4, 0.5) is 0 Å². The third kappa shape index (κ3) is 4.07. The smallest absolute Gasteiger partial charge is 0.194 e. The van der Waals surface area contributed by atoms with Gasteiger partial charge in [-0.25, -0.2) is 4.99 Å². The minimum Gasteiger partial charge on any atom is -0.496 e. The van der Waals surface area contributed by atoms with Crippen molar-refractivity contribution in [3.63, 3.8) is 0 Å². The largest absolute Gasteiger partial charge is 0.496 e. The first-order valence-electron chi connectivity index (χ1n) is 10.8. The number of benzene rings is 1. The first-order chi connectivity index (χ1) is 13.7. The molecule has 2 atom stereocenters. The Labute approximate surface area is 168 Å². The standard InChI is InChI=1S/C22H34N4O2/c1-4-23-22(26-10-7-19(15-26)25-8-5-6-9-25)24-14-18-13-21-17(11-16(2)28-21)12-20(18)27-3/h12-13,16,19H,4-11,14-15H2,1-3H3,(H,23,24). The van der Waals surface area contributed by atoms with Crippen molar-refractivity contribution in [3.8, 4) is 11.5 Å². The third-order valence-corrected chi connectivity index (χ3v) is 6.15. The second kappa shape index (κ2) is 8.60. The molecular weight excluding hydrogens is 352 g/mol. The first kappa shape index (κ1) is 19.4. The summed E-state index contributed by atoms with van der Waals surface area (Å²) in [4.78, 5) is 10.0. The fourth-order valence-corrected chi connectivity index (χ4v) is 4.72. The van der Waals surface area contributed by atoms with Crippen molar-refractivity contribution >= 4 is 5.96 Å². The fourth-order valence-electron chi connectivity index (χ4n) is 4.72. The van der Waals surface area contributed by atoms with Crippen LogP contribution in [0.25, 0.3) is 0 Å². The molecule has 0 spiro atoms. The zero-order chi connectivity index (χ0) is 19.5. The number of nitrogens with one attached hydrogen (secondary N) is 1. The molecule has 1 aromatic rings. The average molecular weight is 387 g/mol. The molecule has 3 aliphatic heterocycles. The summed E-state index contributed by atoms with van der Waals surface area (Å²) in [6.45, 7) is 10.4. The molecule has 0 amide bonds. The predicted octanol–water partition coefficient (Wildman–Crippen LogP) is 2.65. The number of likely N-dealkylation sites (tertiary alicyclic amines) is 2. The van der Waals surface area contributed by atoms with Crippen molar-refractivity contribution < 1.29 is 9.47 Å². The SMILES string of the molecule is CCNC(=NCc1cc2c(cc1OC)CC(C)O2)N1CCC(N2CCCC2)C1. The van der Waals surface area contributed by atoms with Gasteiger partial charge in [0, 0.05) is 43.2 Å². The van der Waals surface area contributed by atoms with Gasteiger partial charge in [-0.05, 0) is 58.3 Å². The summed E-state index contributed by atoms with van der Waals surface area (Å²) in [5, 5.41) is 3.49. The van der Waals surface area contributed by atoms with E-state index in [0.717, 1.165) is 49.1 Å². The van der Waals surface area contributed by atoms with Crippen molar-refractivity contribution in [1.29, 1.82) is 0 Å². The molecule has 0 aromatic heterocycles. The van der Waals surface area contributed by atoms with Gasteiger partial charge >= 0.3 is 0 Å². The number of aliphatic imine (C=N–C) groups is 1. The highest BCUT2D eigenvalue weighted by molar-refractivity contribution is 5.80. The highest BCUT2D eigenvalue weighted by atomic mass is 16.5. The summed E-state index contributed by atoms with van der Waals surface area (Å²) >= 11 is 0. The van der Waals surface area contributed by atoms with Gasteiger partial charge in [0.1, 0.15) is 17.6 Å². The fraction of sp³-hybridized carbons (Fsp3) is 0.682. The van der Waals surface area contributed by atoms with Crippen LogP contribution in [0.3, 0.4) is 0 Å². The lowest BCUT2D eigenvalue weighted by Crippen LogP contribution is -2.42. The van der Waals surface area contributed by atoms with Crippen LogP contribution in [0, 0.1) is 0 Å². The van der Waals surface area contributed by atoms with Crippen LogP contribution in [0.1, 0.15) is 44.2 Å². The molecule has 2 saturated heterocycles. The Bertz CT molecular complexity index is 715. The predicted molar refractivity (Wildman–Crippen MR) is 112 cm³/mol. The summed E-state index contributed by atoms with van der Waals surface area (Å²) in [6, 6.07) is 4.91. The van der Waals surface area contributed by atoms with Crippen LogP contribution >= 0.6 is 0 Å². The van der Waals surface area contributed by atoms with Crippen LogP contribution in [0.2, 0.25) is 0 Å². The second-order valence-electron chi connectivity index (χ2n) is 8.21. The molecule has 0 bridgehead atoms. The number of hydrogen-bond acceptors (Lipinski definition) is 4. The number of nitrogens with zero attached hydrogens (tertiary/aromatic N) is 3. The molecule has 3 heterocycles. The molecule has 6 nitrogen and oxygen atoms in total. The van der Waals surface area contributed by atoms with Crippen molar-refractivity contribution in [2.24, 2.45) is 4.99 Å². The van der Waals surface area contributed by atoms with E-state index in [4.69, 9.17) is 14.5 Å². The van der Waals surface area contributed by atoms with Crippen molar-refractivity contribution in [2.75, 3.05) is 39.8 Å². The van der Waals surface area contributed by atoms with Gasteiger partial charge in [0.05, 0.1) is 13.7 Å². The lowest BCUT2D eigenvalue weighted by atomic mass is 10.1. The second-order valence-corrected chi connectivity index (χ2v) is 8.21. The average Bonchev–Trinajstić information content (AvgIpc) is 3.43. The van der Waals surface area contributed by atoms with E-state index in [1.807, 2.05) is 0 Å². The van der Waals surface area contributed by atoms with E-state index in [-0.39, 0.29) is 6.10 Å². The minimum absolute atomic E-state index is 0.239. The Kier molecular flexibility index (Phi) is 5.95. The Morgan fingerprint density at radius 1 is 1.29 bits per heavy atom.